The van der Waals surface area contributed by atoms with Crippen molar-refractivity contribution in [2.75, 3.05) is 5.32 Å². The van der Waals surface area contributed by atoms with Gasteiger partial charge in [-0.2, -0.15) is 9.78 Å². The Hall–Kier alpha value is -5.12. The molecule has 0 aliphatic carbocycles. The Labute approximate surface area is 197 Å². The molecule has 0 fully saturated rings. The maximum absolute atomic E-state index is 13.0. The van der Waals surface area contributed by atoms with Gasteiger partial charge in [-0.3, -0.25) is 4.98 Å². The van der Waals surface area contributed by atoms with Crippen LogP contribution in [-0.4, -0.2) is 36.9 Å². The lowest BCUT2D eigenvalue weighted by Crippen LogP contribution is -2.21. The molecule has 2 aromatic carbocycles. The second-order valence-corrected chi connectivity index (χ2v) is 7.41. The van der Waals surface area contributed by atoms with Crippen molar-refractivity contribution in [1.29, 1.82) is 0 Å². The summed E-state index contributed by atoms with van der Waals surface area (Å²) in [6.07, 6.45) is 4.68. The number of carbonyl (C=O) groups excluding carboxylic acids is 1. The number of aromatic carboxylic acids is 1. The van der Waals surface area contributed by atoms with Gasteiger partial charge >= 0.3 is 12.0 Å². The van der Waals surface area contributed by atoms with Crippen LogP contribution in [0.4, 0.5) is 14.9 Å². The molecule has 0 spiro atoms. The number of amides is 1. The highest BCUT2D eigenvalue weighted by molar-refractivity contribution is 6.06. The Morgan fingerprint density at radius 1 is 0.971 bits per heavy atom. The monoisotopic (exact) mass is 469 g/mol. The predicted molar refractivity (Wildman–Crippen MR) is 125 cm³/mol. The molecule has 5 rings (SSSR count). The highest BCUT2D eigenvalue weighted by atomic mass is 19.1. The zero-order valence-corrected chi connectivity index (χ0v) is 17.9. The Morgan fingerprint density at radius 2 is 1.80 bits per heavy atom. The van der Waals surface area contributed by atoms with E-state index in [0.29, 0.717) is 22.3 Å². The summed E-state index contributed by atoms with van der Waals surface area (Å²) in [4.78, 5) is 32.9. The van der Waals surface area contributed by atoms with Crippen LogP contribution in [0.3, 0.4) is 0 Å². The van der Waals surface area contributed by atoms with E-state index in [1.807, 2.05) is 6.07 Å². The molecule has 1 amide bonds. The number of hydrogen-bond acceptors (Lipinski definition) is 6. The second kappa shape index (κ2) is 9.02. The van der Waals surface area contributed by atoms with Crippen LogP contribution in [0.5, 0.6) is 11.6 Å². The van der Waals surface area contributed by atoms with Gasteiger partial charge in [0.25, 0.3) is 0 Å². The molecule has 10 heteroatoms. The number of nitrogens with one attached hydrogen (secondary N) is 1. The Balaban J connectivity index is 1.39. The quantitative estimate of drug-likeness (QED) is 0.363. The van der Waals surface area contributed by atoms with Gasteiger partial charge in [-0.25, -0.2) is 19.0 Å². The number of aromatic nitrogens is 4. The largest absolute Gasteiger partial charge is 0.476 e. The summed E-state index contributed by atoms with van der Waals surface area (Å²) in [5, 5.41) is 16.6. The van der Waals surface area contributed by atoms with Crippen LogP contribution < -0.4 is 10.1 Å². The minimum Gasteiger partial charge on any atom is -0.476 e. The van der Waals surface area contributed by atoms with Crippen molar-refractivity contribution in [2.45, 2.75) is 0 Å². The van der Waals surface area contributed by atoms with E-state index >= 15 is 0 Å². The molecule has 0 bridgehead atoms. The zero-order chi connectivity index (χ0) is 24.4. The third-order valence-electron chi connectivity index (χ3n) is 5.09. The summed E-state index contributed by atoms with van der Waals surface area (Å²) in [7, 11) is 0. The second-order valence-electron chi connectivity index (χ2n) is 7.41. The average molecular weight is 469 g/mol. The fourth-order valence-electron chi connectivity index (χ4n) is 3.46. The highest BCUT2D eigenvalue weighted by Gasteiger charge is 2.21. The van der Waals surface area contributed by atoms with Crippen LogP contribution in [0.25, 0.3) is 22.0 Å². The Morgan fingerprint density at radius 3 is 2.49 bits per heavy atom. The van der Waals surface area contributed by atoms with E-state index in [0.717, 1.165) is 15.8 Å². The number of nitrogens with zero attached hydrogens (tertiary/aromatic N) is 4. The van der Waals surface area contributed by atoms with Crippen molar-refractivity contribution < 1.29 is 23.8 Å². The summed E-state index contributed by atoms with van der Waals surface area (Å²) in [6, 6.07) is 16.6. The third-order valence-corrected chi connectivity index (χ3v) is 5.09. The van der Waals surface area contributed by atoms with Crippen molar-refractivity contribution in [3.8, 4) is 22.8 Å². The van der Waals surface area contributed by atoms with Crippen LogP contribution in [0.2, 0.25) is 0 Å². The lowest BCUT2D eigenvalue weighted by atomic mass is 10.0. The number of carboxylic acid groups (broad SMARTS) is 1. The molecule has 0 aliphatic rings. The summed E-state index contributed by atoms with van der Waals surface area (Å²) in [6.45, 7) is 0. The van der Waals surface area contributed by atoms with E-state index in [2.05, 4.69) is 20.4 Å². The Bertz CT molecular complexity index is 1530. The van der Waals surface area contributed by atoms with Gasteiger partial charge in [0.05, 0.1) is 17.4 Å². The number of pyridine rings is 2. The number of hydrogen-bond donors (Lipinski definition) is 2. The Kier molecular flexibility index (Phi) is 5.60. The van der Waals surface area contributed by atoms with Gasteiger partial charge in [0.2, 0.25) is 5.88 Å². The van der Waals surface area contributed by atoms with Crippen LogP contribution >= 0.6 is 0 Å². The van der Waals surface area contributed by atoms with E-state index in [1.165, 1.54) is 36.5 Å². The van der Waals surface area contributed by atoms with Gasteiger partial charge in [-0.05, 0) is 54.1 Å². The maximum Gasteiger partial charge on any atom is 0.357 e. The topological polar surface area (TPSA) is 119 Å². The van der Waals surface area contributed by atoms with Gasteiger partial charge in [0.1, 0.15) is 11.6 Å². The van der Waals surface area contributed by atoms with Crippen molar-refractivity contribution >= 4 is 28.6 Å². The highest BCUT2D eigenvalue weighted by Crippen LogP contribution is 2.27. The zero-order valence-electron chi connectivity index (χ0n) is 17.9. The first-order valence-electron chi connectivity index (χ1n) is 10.4. The number of benzene rings is 2. The number of carbonyl (C=O) groups is 2. The van der Waals surface area contributed by atoms with E-state index in [4.69, 9.17) is 4.74 Å². The van der Waals surface area contributed by atoms with Crippen LogP contribution in [-0.2, 0) is 0 Å². The van der Waals surface area contributed by atoms with Gasteiger partial charge in [0.15, 0.2) is 5.69 Å². The third kappa shape index (κ3) is 4.53. The normalized spacial score (nSPS) is 10.8. The summed E-state index contributed by atoms with van der Waals surface area (Å²) >= 11 is 0. The lowest BCUT2D eigenvalue weighted by Gasteiger charge is -2.08. The molecule has 5 aromatic rings. The molecule has 0 unspecified atom stereocenters. The molecule has 0 radical (unpaired) electrons. The summed E-state index contributed by atoms with van der Waals surface area (Å²) in [5.74, 6) is -0.983. The number of halogens is 1. The SMILES string of the molecule is O=C(O)c1nn(C(=O)Nc2ccc(Oc3ccc(F)cc3)nc2)c2ccc(-c3cccnc3)cc12. The number of carboxylic acids is 1. The van der Waals surface area contributed by atoms with Gasteiger partial charge in [-0.15, -0.1) is 0 Å². The van der Waals surface area contributed by atoms with E-state index < -0.39 is 12.0 Å². The molecule has 3 heterocycles. The first-order chi connectivity index (χ1) is 17.0. The molecule has 0 saturated carbocycles. The van der Waals surface area contributed by atoms with Gasteiger partial charge in [0, 0.05) is 29.4 Å². The van der Waals surface area contributed by atoms with Crippen LogP contribution in [0, 0.1) is 5.82 Å². The fraction of sp³-hybridized carbons (Fsp3) is 0. The molecule has 35 heavy (non-hydrogen) atoms. The molecule has 0 atom stereocenters. The van der Waals surface area contributed by atoms with Crippen LogP contribution in [0.15, 0.2) is 85.3 Å². The standard InChI is InChI=1S/C25H16FN5O4/c26-17-4-7-19(8-5-17)35-22-10-6-18(14-28-22)29-25(34)31-21-9-3-15(16-2-1-11-27-13-16)12-20(21)23(30-31)24(32)33/h1-14H,(H,29,34)(H,32,33). The minimum absolute atomic E-state index is 0.246. The number of ether oxygens (including phenoxy) is 1. The first kappa shape index (κ1) is 21.7. The van der Waals surface area contributed by atoms with Crippen molar-refractivity contribution in [1.82, 2.24) is 19.7 Å². The van der Waals surface area contributed by atoms with Gasteiger partial charge in [-0.1, -0.05) is 12.1 Å². The minimum atomic E-state index is -1.26. The molecule has 172 valence electrons. The maximum atomic E-state index is 13.0. The molecular formula is C25H16FN5O4. The van der Waals surface area contributed by atoms with Crippen molar-refractivity contribution in [3.63, 3.8) is 0 Å². The van der Waals surface area contributed by atoms with Crippen molar-refractivity contribution in [3.05, 3.63) is 96.8 Å². The average Bonchev–Trinajstić information content (AvgIpc) is 3.27. The van der Waals surface area contributed by atoms with Gasteiger partial charge < -0.3 is 15.2 Å². The van der Waals surface area contributed by atoms with E-state index in [1.54, 1.807) is 42.7 Å². The molecule has 9 nitrogen and oxygen atoms in total. The lowest BCUT2D eigenvalue weighted by molar-refractivity contribution is 0.0692. The molecular weight excluding hydrogens is 453 g/mol. The van der Waals surface area contributed by atoms with E-state index in [-0.39, 0.29) is 17.4 Å². The molecule has 0 aliphatic heterocycles. The smallest absolute Gasteiger partial charge is 0.357 e. The summed E-state index contributed by atoms with van der Waals surface area (Å²) < 4.78 is 19.6. The van der Waals surface area contributed by atoms with Crippen LogP contribution in [0.1, 0.15) is 10.5 Å². The fourth-order valence-corrected chi connectivity index (χ4v) is 3.46. The molecule has 3 aromatic heterocycles. The number of fused-ring (bicyclic) bond motifs is 1. The molecule has 0 saturated heterocycles. The summed E-state index contributed by atoms with van der Waals surface area (Å²) in [5.41, 5.74) is 1.97. The number of rotatable bonds is 5. The number of anilines is 1. The first-order valence-corrected chi connectivity index (χ1v) is 10.4. The van der Waals surface area contributed by atoms with E-state index in [9.17, 15) is 19.1 Å². The van der Waals surface area contributed by atoms with Crippen molar-refractivity contribution in [2.24, 2.45) is 0 Å². The predicted octanol–water partition coefficient (Wildman–Crippen LogP) is 5.20. The molecule has 2 N–H and O–H groups in total.